The van der Waals surface area contributed by atoms with Gasteiger partial charge < -0.3 is 10.6 Å². The summed E-state index contributed by atoms with van der Waals surface area (Å²) in [5.41, 5.74) is 0.128. The molecule has 0 saturated heterocycles. The van der Waals surface area contributed by atoms with Crippen molar-refractivity contribution >= 4 is 6.03 Å². The highest BCUT2D eigenvalue weighted by Gasteiger charge is 2.42. The molecule has 0 radical (unpaired) electrons. The Morgan fingerprint density at radius 3 is 2.13 bits per heavy atom. The van der Waals surface area contributed by atoms with Crippen LogP contribution in [0.1, 0.15) is 36.8 Å². The van der Waals surface area contributed by atoms with Crippen LogP contribution < -0.4 is 10.6 Å². The second kappa shape index (κ2) is 6.42. The summed E-state index contributed by atoms with van der Waals surface area (Å²) in [7, 11) is 0. The Morgan fingerprint density at radius 2 is 1.65 bits per heavy atom. The molecule has 126 valence electrons. The molecule has 3 rings (SSSR count). The van der Waals surface area contributed by atoms with Gasteiger partial charge in [0.05, 0.1) is 5.56 Å². The number of carbonyl (C=O) groups is 1. The average Bonchev–Trinajstić information content (AvgIpc) is 3.38. The lowest BCUT2D eigenvalue weighted by Gasteiger charge is -2.18. The minimum absolute atomic E-state index is 0.166. The van der Waals surface area contributed by atoms with Crippen LogP contribution in [0.2, 0.25) is 0 Å². The van der Waals surface area contributed by atoms with Crippen LogP contribution in [0.4, 0.5) is 18.0 Å². The zero-order chi connectivity index (χ0) is 16.4. The summed E-state index contributed by atoms with van der Waals surface area (Å²) in [5.74, 6) is 1.28. The van der Waals surface area contributed by atoms with Gasteiger partial charge in [-0.1, -0.05) is 12.1 Å². The van der Waals surface area contributed by atoms with Gasteiger partial charge in [-0.15, -0.1) is 0 Å². The van der Waals surface area contributed by atoms with Gasteiger partial charge in [0.2, 0.25) is 0 Å². The molecule has 1 aromatic carbocycles. The Hall–Kier alpha value is -1.72. The zero-order valence-corrected chi connectivity index (χ0v) is 12.8. The largest absolute Gasteiger partial charge is 0.416 e. The predicted molar refractivity (Wildman–Crippen MR) is 80.9 cm³/mol. The monoisotopic (exact) mass is 326 g/mol. The first-order valence-corrected chi connectivity index (χ1v) is 8.14. The van der Waals surface area contributed by atoms with Crippen molar-refractivity contribution in [1.29, 1.82) is 0 Å². The SMILES string of the molecule is O=C(NCCc1ccc(C(F)(F)F)cc1)NC(C1CC1)C1CC1. The van der Waals surface area contributed by atoms with E-state index >= 15 is 0 Å². The Morgan fingerprint density at radius 1 is 1.09 bits per heavy atom. The summed E-state index contributed by atoms with van der Waals surface area (Å²) in [6.45, 7) is 0.416. The van der Waals surface area contributed by atoms with Crippen LogP contribution in [0.5, 0.6) is 0 Å². The van der Waals surface area contributed by atoms with E-state index in [2.05, 4.69) is 10.6 Å². The van der Waals surface area contributed by atoms with E-state index in [1.807, 2.05) is 0 Å². The third-order valence-corrected chi connectivity index (χ3v) is 4.54. The fourth-order valence-corrected chi connectivity index (χ4v) is 2.91. The Balaban J connectivity index is 1.41. The standard InChI is InChI=1S/C17H21F3N2O/c18-17(19,20)14-7-1-11(2-8-14)9-10-21-16(23)22-15(12-3-4-12)13-5-6-13/h1-2,7-8,12-13,15H,3-6,9-10H2,(H2,21,22,23). The van der Waals surface area contributed by atoms with Gasteiger partial charge in [-0.25, -0.2) is 4.79 Å². The van der Waals surface area contributed by atoms with E-state index < -0.39 is 11.7 Å². The van der Waals surface area contributed by atoms with Gasteiger partial charge in [0.25, 0.3) is 0 Å². The summed E-state index contributed by atoms with van der Waals surface area (Å²) >= 11 is 0. The molecule has 0 spiro atoms. The zero-order valence-electron chi connectivity index (χ0n) is 12.8. The van der Waals surface area contributed by atoms with Crippen molar-refractivity contribution in [1.82, 2.24) is 10.6 Å². The molecular formula is C17H21F3N2O. The van der Waals surface area contributed by atoms with Crippen molar-refractivity contribution in [3.63, 3.8) is 0 Å². The Kier molecular flexibility index (Phi) is 4.50. The van der Waals surface area contributed by atoms with E-state index in [0.29, 0.717) is 30.8 Å². The van der Waals surface area contributed by atoms with Gasteiger partial charge in [-0.3, -0.25) is 0 Å². The topological polar surface area (TPSA) is 41.1 Å². The first kappa shape index (κ1) is 16.1. The van der Waals surface area contributed by atoms with Crippen molar-refractivity contribution in [3.8, 4) is 0 Å². The minimum Gasteiger partial charge on any atom is -0.338 e. The number of urea groups is 1. The lowest BCUT2D eigenvalue weighted by Crippen LogP contribution is -2.44. The molecule has 0 aromatic heterocycles. The van der Waals surface area contributed by atoms with E-state index in [1.165, 1.54) is 37.8 Å². The lowest BCUT2D eigenvalue weighted by molar-refractivity contribution is -0.137. The van der Waals surface area contributed by atoms with Gasteiger partial charge >= 0.3 is 12.2 Å². The Bertz CT molecular complexity index is 536. The van der Waals surface area contributed by atoms with Crippen LogP contribution in [0.15, 0.2) is 24.3 Å². The van der Waals surface area contributed by atoms with E-state index in [-0.39, 0.29) is 6.03 Å². The third-order valence-electron chi connectivity index (χ3n) is 4.54. The first-order valence-electron chi connectivity index (χ1n) is 8.14. The van der Waals surface area contributed by atoms with E-state index in [4.69, 9.17) is 0 Å². The number of nitrogens with one attached hydrogen (secondary N) is 2. The van der Waals surface area contributed by atoms with E-state index in [9.17, 15) is 18.0 Å². The molecule has 2 aliphatic rings. The van der Waals surface area contributed by atoms with Crippen molar-refractivity contribution in [2.75, 3.05) is 6.54 Å². The smallest absolute Gasteiger partial charge is 0.338 e. The fraction of sp³-hybridized carbons (Fsp3) is 0.588. The molecule has 2 saturated carbocycles. The quantitative estimate of drug-likeness (QED) is 0.821. The van der Waals surface area contributed by atoms with Crippen LogP contribution in [-0.2, 0) is 12.6 Å². The normalized spacial score (nSPS) is 18.1. The maximum absolute atomic E-state index is 12.5. The van der Waals surface area contributed by atoms with Crippen molar-refractivity contribution in [2.24, 2.45) is 11.8 Å². The number of hydrogen-bond acceptors (Lipinski definition) is 1. The van der Waals surface area contributed by atoms with E-state index in [0.717, 1.165) is 17.7 Å². The molecule has 0 unspecified atom stereocenters. The highest BCUT2D eigenvalue weighted by atomic mass is 19.4. The molecule has 3 nitrogen and oxygen atoms in total. The molecule has 0 aliphatic heterocycles. The van der Waals surface area contributed by atoms with Gasteiger partial charge in [0, 0.05) is 12.6 Å². The second-order valence-corrected chi connectivity index (χ2v) is 6.55. The number of halogens is 3. The number of hydrogen-bond donors (Lipinski definition) is 2. The number of carbonyl (C=O) groups excluding carboxylic acids is 1. The first-order chi connectivity index (χ1) is 10.9. The van der Waals surface area contributed by atoms with Crippen LogP contribution >= 0.6 is 0 Å². The van der Waals surface area contributed by atoms with Gasteiger partial charge in [-0.05, 0) is 61.6 Å². The molecule has 6 heteroatoms. The summed E-state index contributed by atoms with van der Waals surface area (Å²) in [5, 5.41) is 5.86. The highest BCUT2D eigenvalue weighted by Crippen LogP contribution is 2.44. The van der Waals surface area contributed by atoms with Gasteiger partial charge in [0.15, 0.2) is 0 Å². The van der Waals surface area contributed by atoms with Crippen molar-refractivity contribution < 1.29 is 18.0 Å². The molecular weight excluding hydrogens is 305 g/mol. The predicted octanol–water partition coefficient (Wildman–Crippen LogP) is 3.74. The fourth-order valence-electron chi connectivity index (χ4n) is 2.91. The molecule has 23 heavy (non-hydrogen) atoms. The molecule has 0 atom stereocenters. The van der Waals surface area contributed by atoms with Gasteiger partial charge in [-0.2, -0.15) is 13.2 Å². The summed E-state index contributed by atoms with van der Waals surface area (Å²) in [6, 6.07) is 5.21. The van der Waals surface area contributed by atoms with Crippen LogP contribution in [0, 0.1) is 11.8 Å². The maximum Gasteiger partial charge on any atom is 0.416 e. The summed E-state index contributed by atoms with van der Waals surface area (Å²) in [6.07, 6.45) is 1.01. The number of rotatable bonds is 6. The number of benzene rings is 1. The third kappa shape index (κ3) is 4.62. The van der Waals surface area contributed by atoms with Gasteiger partial charge in [0.1, 0.15) is 0 Å². The molecule has 2 N–H and O–H groups in total. The minimum atomic E-state index is -4.31. The maximum atomic E-state index is 12.5. The highest BCUT2D eigenvalue weighted by molar-refractivity contribution is 5.74. The summed E-state index contributed by atoms with van der Waals surface area (Å²) < 4.78 is 37.4. The lowest BCUT2D eigenvalue weighted by atomic mass is 10.1. The molecule has 1 aromatic rings. The van der Waals surface area contributed by atoms with Crippen LogP contribution in [-0.4, -0.2) is 18.6 Å². The van der Waals surface area contributed by atoms with E-state index in [1.54, 1.807) is 0 Å². The van der Waals surface area contributed by atoms with Crippen molar-refractivity contribution in [3.05, 3.63) is 35.4 Å². The molecule has 0 bridgehead atoms. The number of alkyl halides is 3. The summed E-state index contributed by atoms with van der Waals surface area (Å²) in [4.78, 5) is 11.9. The Labute approximate surface area is 133 Å². The molecule has 0 heterocycles. The van der Waals surface area contributed by atoms with Crippen LogP contribution in [0.25, 0.3) is 0 Å². The molecule has 2 amide bonds. The second-order valence-electron chi connectivity index (χ2n) is 6.55. The van der Waals surface area contributed by atoms with Crippen molar-refractivity contribution in [2.45, 2.75) is 44.3 Å². The van der Waals surface area contributed by atoms with Crippen LogP contribution in [0.3, 0.4) is 0 Å². The average molecular weight is 326 g/mol. The number of amides is 2. The molecule has 2 aliphatic carbocycles. The molecule has 2 fully saturated rings.